The van der Waals surface area contributed by atoms with Gasteiger partial charge in [0.2, 0.25) is 0 Å². The van der Waals surface area contributed by atoms with Gasteiger partial charge in [-0.05, 0) is 56.9 Å². The number of aliphatic hydroxyl groups is 1. The topological polar surface area (TPSA) is 96.9 Å². The van der Waals surface area contributed by atoms with Crippen LogP contribution in [0.2, 0.25) is 0 Å². The van der Waals surface area contributed by atoms with E-state index in [1.165, 1.54) is 0 Å². The molecule has 0 bridgehead atoms. The lowest BCUT2D eigenvalue weighted by Gasteiger charge is -2.23. The Kier molecular flexibility index (Phi) is 9.43. The number of rotatable bonds is 10. The summed E-state index contributed by atoms with van der Waals surface area (Å²) >= 11 is 0. The second-order valence-electron chi connectivity index (χ2n) is 8.43. The summed E-state index contributed by atoms with van der Waals surface area (Å²) in [7, 11) is 0. The Balaban J connectivity index is 2.04. The molecule has 0 fully saturated rings. The van der Waals surface area contributed by atoms with E-state index in [-0.39, 0.29) is 12.6 Å². The number of hydroxylamine groups is 1. The van der Waals surface area contributed by atoms with Gasteiger partial charge in [0.25, 0.3) is 0 Å². The molecule has 2 atom stereocenters. The summed E-state index contributed by atoms with van der Waals surface area (Å²) in [6, 6.07) is 15.6. The zero-order valence-electron chi connectivity index (χ0n) is 18.8. The lowest BCUT2D eigenvalue weighted by Crippen LogP contribution is -2.42. The standard InChI is InChI=1S/C25H32N2O5/c1-5-10-22(27-32-23(29)19-12-7-6-8-13-19)20-14-9-11-18(15-20)16-21(17-28)26-24(30)31-25(2,3)4/h5-9,11-15,21-22,27-28H,1,10,16-17H2,2-4H3,(H,26,30)/t21-,22?/m1/s1. The highest BCUT2D eigenvalue weighted by Crippen LogP contribution is 2.20. The number of ether oxygens (including phenoxy) is 1. The van der Waals surface area contributed by atoms with Gasteiger partial charge in [0.1, 0.15) is 5.60 Å². The van der Waals surface area contributed by atoms with E-state index in [0.717, 1.165) is 11.1 Å². The molecule has 0 heterocycles. The van der Waals surface area contributed by atoms with Crippen molar-refractivity contribution in [3.63, 3.8) is 0 Å². The summed E-state index contributed by atoms with van der Waals surface area (Å²) in [4.78, 5) is 29.6. The fourth-order valence-corrected chi connectivity index (χ4v) is 3.03. The maximum atomic E-state index is 12.2. The van der Waals surface area contributed by atoms with Gasteiger partial charge in [-0.3, -0.25) is 0 Å². The molecule has 32 heavy (non-hydrogen) atoms. The van der Waals surface area contributed by atoms with Crippen LogP contribution in [0.5, 0.6) is 0 Å². The molecule has 2 aromatic rings. The molecule has 2 aromatic carbocycles. The first-order valence-corrected chi connectivity index (χ1v) is 10.5. The van der Waals surface area contributed by atoms with Gasteiger partial charge in [-0.1, -0.05) is 48.5 Å². The summed E-state index contributed by atoms with van der Waals surface area (Å²) in [5, 5.41) is 12.4. The molecule has 0 aliphatic heterocycles. The predicted molar refractivity (Wildman–Crippen MR) is 123 cm³/mol. The monoisotopic (exact) mass is 440 g/mol. The molecule has 0 saturated carbocycles. The highest BCUT2D eigenvalue weighted by molar-refractivity contribution is 5.89. The van der Waals surface area contributed by atoms with Gasteiger partial charge >= 0.3 is 12.1 Å². The van der Waals surface area contributed by atoms with E-state index in [9.17, 15) is 14.7 Å². The average molecular weight is 441 g/mol. The first-order chi connectivity index (χ1) is 15.2. The number of carbonyl (C=O) groups is 2. The summed E-state index contributed by atoms with van der Waals surface area (Å²) in [5.41, 5.74) is 4.45. The molecule has 2 rings (SSSR count). The van der Waals surface area contributed by atoms with Crippen LogP contribution in [-0.4, -0.2) is 35.4 Å². The number of alkyl carbamates (subject to hydrolysis) is 1. The second kappa shape index (κ2) is 12.0. The predicted octanol–water partition coefficient (Wildman–Crippen LogP) is 4.09. The van der Waals surface area contributed by atoms with Gasteiger partial charge in [0, 0.05) is 0 Å². The van der Waals surface area contributed by atoms with Gasteiger partial charge in [-0.15, -0.1) is 12.1 Å². The number of benzene rings is 2. The zero-order valence-corrected chi connectivity index (χ0v) is 18.8. The molecule has 1 unspecified atom stereocenters. The fraction of sp³-hybridized carbons (Fsp3) is 0.360. The van der Waals surface area contributed by atoms with Crippen molar-refractivity contribution in [3.8, 4) is 0 Å². The third-order valence-electron chi connectivity index (χ3n) is 4.48. The molecule has 7 nitrogen and oxygen atoms in total. The summed E-state index contributed by atoms with van der Waals surface area (Å²) in [6.45, 7) is 8.89. The molecule has 0 radical (unpaired) electrons. The van der Waals surface area contributed by atoms with Crippen LogP contribution < -0.4 is 10.8 Å². The molecular weight excluding hydrogens is 408 g/mol. The maximum Gasteiger partial charge on any atom is 0.407 e. The van der Waals surface area contributed by atoms with Gasteiger partial charge in [0.15, 0.2) is 0 Å². The number of aliphatic hydroxyl groups excluding tert-OH is 1. The van der Waals surface area contributed by atoms with Crippen LogP contribution in [0.1, 0.15) is 54.7 Å². The Labute approximate surface area is 189 Å². The average Bonchev–Trinajstić information content (AvgIpc) is 2.75. The minimum Gasteiger partial charge on any atom is -0.444 e. The summed E-state index contributed by atoms with van der Waals surface area (Å²) < 4.78 is 5.26. The van der Waals surface area contributed by atoms with E-state index in [0.29, 0.717) is 18.4 Å². The largest absolute Gasteiger partial charge is 0.444 e. The highest BCUT2D eigenvalue weighted by atomic mass is 16.7. The third kappa shape index (κ3) is 8.53. The summed E-state index contributed by atoms with van der Waals surface area (Å²) in [5.74, 6) is -0.474. The lowest BCUT2D eigenvalue weighted by molar-refractivity contribution is 0.0154. The molecule has 0 spiro atoms. The maximum absolute atomic E-state index is 12.2. The van der Waals surface area contributed by atoms with E-state index < -0.39 is 23.7 Å². The van der Waals surface area contributed by atoms with Crippen molar-refractivity contribution in [2.75, 3.05) is 6.61 Å². The Bertz CT molecular complexity index is 893. The Morgan fingerprint density at radius 1 is 1.12 bits per heavy atom. The van der Waals surface area contributed by atoms with Crippen LogP contribution in [0, 0.1) is 0 Å². The number of carbonyl (C=O) groups excluding carboxylic acids is 2. The van der Waals surface area contributed by atoms with Crippen LogP contribution in [0.15, 0.2) is 67.3 Å². The number of amides is 1. The number of hydrogen-bond donors (Lipinski definition) is 3. The molecule has 0 saturated heterocycles. The highest BCUT2D eigenvalue weighted by Gasteiger charge is 2.20. The van der Waals surface area contributed by atoms with Crippen LogP contribution in [-0.2, 0) is 16.0 Å². The first-order valence-electron chi connectivity index (χ1n) is 10.5. The van der Waals surface area contributed by atoms with E-state index in [1.54, 1.807) is 51.1 Å². The normalized spacial score (nSPS) is 13.0. The molecule has 1 amide bonds. The van der Waals surface area contributed by atoms with Gasteiger partial charge < -0.3 is 20.0 Å². The van der Waals surface area contributed by atoms with Crippen molar-refractivity contribution in [1.82, 2.24) is 10.8 Å². The molecule has 172 valence electrons. The Hall–Kier alpha value is -3.16. The van der Waals surface area contributed by atoms with Crippen LogP contribution in [0.4, 0.5) is 4.79 Å². The van der Waals surface area contributed by atoms with Crippen molar-refractivity contribution in [1.29, 1.82) is 0 Å². The lowest BCUT2D eigenvalue weighted by atomic mass is 9.99. The molecule has 7 heteroatoms. The first kappa shape index (κ1) is 25.1. The van der Waals surface area contributed by atoms with Gasteiger partial charge in [-0.25, -0.2) is 9.59 Å². The second-order valence-corrected chi connectivity index (χ2v) is 8.43. The fourth-order valence-electron chi connectivity index (χ4n) is 3.03. The van der Waals surface area contributed by atoms with E-state index in [4.69, 9.17) is 9.57 Å². The van der Waals surface area contributed by atoms with Crippen molar-refractivity contribution < 1.29 is 24.3 Å². The summed E-state index contributed by atoms with van der Waals surface area (Å²) in [6.07, 6.45) is 2.10. The quantitative estimate of drug-likeness (QED) is 0.380. The van der Waals surface area contributed by atoms with Crippen LogP contribution in [0.3, 0.4) is 0 Å². The SMILES string of the molecule is C=CCC(NOC(=O)c1ccccc1)c1cccc(C[C@H](CO)NC(=O)OC(C)(C)C)c1. The molecule has 0 aliphatic carbocycles. The molecule has 0 aliphatic rings. The Morgan fingerprint density at radius 3 is 2.47 bits per heavy atom. The third-order valence-corrected chi connectivity index (χ3v) is 4.48. The molecular formula is C25H32N2O5. The van der Waals surface area contributed by atoms with Crippen molar-refractivity contribution in [2.45, 2.75) is 51.3 Å². The van der Waals surface area contributed by atoms with E-state index in [1.807, 2.05) is 30.3 Å². The smallest absolute Gasteiger partial charge is 0.407 e. The Morgan fingerprint density at radius 2 is 1.84 bits per heavy atom. The number of hydrogen-bond acceptors (Lipinski definition) is 6. The minimum absolute atomic E-state index is 0.230. The number of nitrogens with one attached hydrogen (secondary N) is 2. The molecule has 0 aromatic heterocycles. The van der Waals surface area contributed by atoms with Gasteiger partial charge in [-0.2, -0.15) is 0 Å². The van der Waals surface area contributed by atoms with Crippen molar-refractivity contribution >= 4 is 12.1 Å². The van der Waals surface area contributed by atoms with Crippen LogP contribution >= 0.6 is 0 Å². The molecule has 3 N–H and O–H groups in total. The van der Waals surface area contributed by atoms with Crippen LogP contribution in [0.25, 0.3) is 0 Å². The minimum atomic E-state index is -0.620. The van der Waals surface area contributed by atoms with E-state index in [2.05, 4.69) is 17.4 Å². The van der Waals surface area contributed by atoms with Crippen molar-refractivity contribution in [2.24, 2.45) is 0 Å². The van der Waals surface area contributed by atoms with Gasteiger partial charge in [0.05, 0.1) is 24.3 Å². The van der Waals surface area contributed by atoms with Crippen molar-refractivity contribution in [3.05, 3.63) is 83.9 Å². The van der Waals surface area contributed by atoms with E-state index >= 15 is 0 Å². The zero-order chi connectivity index (χ0) is 23.6.